The second-order valence-corrected chi connectivity index (χ2v) is 8.32. The zero-order valence-electron chi connectivity index (χ0n) is 16.3. The van der Waals surface area contributed by atoms with E-state index in [9.17, 15) is 4.79 Å². The SMILES string of the molecule is CC(=O)c1ccc(-c2cncc3[nH]c(-c4[nH]nc5ncc(-c6cn[nH]c6)cc45)cc23)s1. The molecule has 0 bridgehead atoms. The van der Waals surface area contributed by atoms with Gasteiger partial charge in [-0.05, 0) is 31.2 Å². The average molecular weight is 425 g/mol. The number of rotatable bonds is 4. The third kappa shape index (κ3) is 2.86. The van der Waals surface area contributed by atoms with Crippen LogP contribution in [0.15, 0.2) is 55.2 Å². The van der Waals surface area contributed by atoms with Gasteiger partial charge in [-0.25, -0.2) is 4.98 Å². The summed E-state index contributed by atoms with van der Waals surface area (Å²) in [4.78, 5) is 25.8. The molecule has 0 aliphatic rings. The largest absolute Gasteiger partial charge is 0.352 e. The van der Waals surface area contributed by atoms with E-state index < -0.39 is 0 Å². The summed E-state index contributed by atoms with van der Waals surface area (Å²) in [5, 5.41) is 16.3. The summed E-state index contributed by atoms with van der Waals surface area (Å²) < 4.78 is 0. The normalized spacial score (nSPS) is 11.5. The molecule has 6 aromatic rings. The van der Waals surface area contributed by atoms with Gasteiger partial charge in [0.05, 0.1) is 34.2 Å². The highest BCUT2D eigenvalue weighted by molar-refractivity contribution is 7.17. The van der Waals surface area contributed by atoms with Crippen LogP contribution >= 0.6 is 11.3 Å². The Bertz CT molecular complexity index is 1570. The molecule has 150 valence electrons. The number of ketones is 1. The number of pyridine rings is 2. The first-order chi connectivity index (χ1) is 15.2. The zero-order valence-corrected chi connectivity index (χ0v) is 17.1. The van der Waals surface area contributed by atoms with Crippen LogP contribution in [0.4, 0.5) is 0 Å². The Kier molecular flexibility index (Phi) is 3.84. The molecule has 0 unspecified atom stereocenters. The monoisotopic (exact) mass is 425 g/mol. The number of aromatic nitrogens is 7. The molecule has 0 saturated carbocycles. The fourth-order valence-electron chi connectivity index (χ4n) is 3.73. The standard InChI is InChI=1S/C22H15N7OS/c1-11(30)19-2-3-20(31-19)16-9-23-10-18-14(16)5-17(27-18)21-15-4-12(13-7-25-26-8-13)6-24-22(15)29-28-21/h2-10,27H,1H3,(H,25,26)(H,24,28,29). The molecule has 0 fully saturated rings. The first kappa shape index (κ1) is 17.7. The second-order valence-electron chi connectivity index (χ2n) is 7.23. The van der Waals surface area contributed by atoms with Crippen LogP contribution in [-0.4, -0.2) is 41.1 Å². The smallest absolute Gasteiger partial charge is 0.181 e. The number of hydrogen-bond acceptors (Lipinski definition) is 6. The first-order valence-electron chi connectivity index (χ1n) is 9.59. The maximum atomic E-state index is 11.7. The topological polar surface area (TPSA) is 116 Å². The van der Waals surface area contributed by atoms with E-state index in [0.717, 1.165) is 54.1 Å². The predicted molar refractivity (Wildman–Crippen MR) is 120 cm³/mol. The molecule has 0 amide bonds. The van der Waals surface area contributed by atoms with Crippen molar-refractivity contribution in [2.24, 2.45) is 0 Å². The minimum atomic E-state index is 0.0657. The van der Waals surface area contributed by atoms with Crippen molar-refractivity contribution in [1.82, 2.24) is 35.3 Å². The molecule has 0 atom stereocenters. The number of hydrogen-bond donors (Lipinski definition) is 3. The number of carbonyl (C=O) groups excluding carboxylic acids is 1. The number of nitrogens with one attached hydrogen (secondary N) is 3. The summed E-state index contributed by atoms with van der Waals surface area (Å²) in [6.07, 6.45) is 9.02. The molecule has 0 spiro atoms. The van der Waals surface area contributed by atoms with Gasteiger partial charge in [0.2, 0.25) is 0 Å². The van der Waals surface area contributed by atoms with E-state index in [-0.39, 0.29) is 5.78 Å². The number of Topliss-reactive ketones (excluding diaryl/α,β-unsaturated/α-hetero) is 1. The third-order valence-electron chi connectivity index (χ3n) is 5.27. The number of H-pyrrole nitrogens is 3. The molecule has 0 radical (unpaired) electrons. The summed E-state index contributed by atoms with van der Waals surface area (Å²) in [5.41, 5.74) is 6.20. The highest BCUT2D eigenvalue weighted by Gasteiger charge is 2.16. The third-order valence-corrected chi connectivity index (χ3v) is 6.49. The Labute approximate surface area is 179 Å². The van der Waals surface area contributed by atoms with Crippen LogP contribution in [0.2, 0.25) is 0 Å². The van der Waals surface area contributed by atoms with Crippen LogP contribution in [0.1, 0.15) is 16.6 Å². The van der Waals surface area contributed by atoms with Crippen LogP contribution in [0.3, 0.4) is 0 Å². The zero-order chi connectivity index (χ0) is 20.9. The number of carbonyl (C=O) groups is 1. The van der Waals surface area contributed by atoms with E-state index in [4.69, 9.17) is 0 Å². The lowest BCUT2D eigenvalue weighted by Gasteiger charge is -1.98. The molecule has 0 aliphatic heterocycles. The van der Waals surface area contributed by atoms with Crippen molar-refractivity contribution >= 4 is 39.1 Å². The molecule has 0 aliphatic carbocycles. The minimum absolute atomic E-state index is 0.0657. The van der Waals surface area contributed by atoms with E-state index in [0.29, 0.717) is 5.65 Å². The van der Waals surface area contributed by atoms with E-state index in [1.54, 1.807) is 25.5 Å². The van der Waals surface area contributed by atoms with Crippen LogP contribution in [0.5, 0.6) is 0 Å². The predicted octanol–water partition coefficient (Wildman–Crippen LogP) is 4.82. The molecule has 31 heavy (non-hydrogen) atoms. The maximum absolute atomic E-state index is 11.7. The van der Waals surface area contributed by atoms with Crippen LogP contribution < -0.4 is 0 Å². The van der Waals surface area contributed by atoms with Crippen molar-refractivity contribution < 1.29 is 4.79 Å². The number of fused-ring (bicyclic) bond motifs is 2. The molecular weight excluding hydrogens is 410 g/mol. The van der Waals surface area contributed by atoms with E-state index >= 15 is 0 Å². The van der Waals surface area contributed by atoms with Gasteiger partial charge < -0.3 is 4.98 Å². The Hall–Kier alpha value is -4.11. The molecule has 6 aromatic heterocycles. The van der Waals surface area contributed by atoms with Crippen molar-refractivity contribution in [2.75, 3.05) is 0 Å². The van der Waals surface area contributed by atoms with Gasteiger partial charge in [-0.3, -0.25) is 20.0 Å². The van der Waals surface area contributed by atoms with Gasteiger partial charge in [-0.1, -0.05) is 0 Å². The highest BCUT2D eigenvalue weighted by Crippen LogP contribution is 2.36. The summed E-state index contributed by atoms with van der Waals surface area (Å²) in [7, 11) is 0. The lowest BCUT2D eigenvalue weighted by molar-refractivity contribution is 0.102. The molecule has 6 rings (SSSR count). The van der Waals surface area contributed by atoms with Gasteiger partial charge in [-0.15, -0.1) is 11.3 Å². The fourth-order valence-corrected chi connectivity index (χ4v) is 4.65. The molecule has 0 aromatic carbocycles. The van der Waals surface area contributed by atoms with Gasteiger partial charge in [0.25, 0.3) is 0 Å². The second kappa shape index (κ2) is 6.71. The fraction of sp³-hybridized carbons (Fsp3) is 0.0455. The van der Waals surface area contributed by atoms with Gasteiger partial charge in [-0.2, -0.15) is 10.2 Å². The van der Waals surface area contributed by atoms with Crippen LogP contribution in [0, 0.1) is 0 Å². The Morgan fingerprint density at radius 2 is 1.97 bits per heavy atom. The van der Waals surface area contributed by atoms with Crippen molar-refractivity contribution in [3.05, 3.63) is 60.1 Å². The molecular formula is C22H15N7OS. The van der Waals surface area contributed by atoms with Crippen molar-refractivity contribution in [1.29, 1.82) is 0 Å². The molecule has 6 heterocycles. The molecule has 9 heteroatoms. The molecule has 8 nitrogen and oxygen atoms in total. The Morgan fingerprint density at radius 3 is 2.77 bits per heavy atom. The van der Waals surface area contributed by atoms with E-state index in [2.05, 4.69) is 47.5 Å². The first-order valence-corrected chi connectivity index (χ1v) is 10.4. The summed E-state index contributed by atoms with van der Waals surface area (Å²) >= 11 is 1.48. The Morgan fingerprint density at radius 1 is 1.03 bits per heavy atom. The van der Waals surface area contributed by atoms with Crippen LogP contribution in [-0.2, 0) is 0 Å². The number of thiophene rings is 1. The molecule has 3 N–H and O–H groups in total. The summed E-state index contributed by atoms with van der Waals surface area (Å²) in [5.74, 6) is 0.0657. The maximum Gasteiger partial charge on any atom is 0.181 e. The van der Waals surface area contributed by atoms with Gasteiger partial charge >= 0.3 is 0 Å². The number of nitrogens with zero attached hydrogens (tertiary/aromatic N) is 4. The van der Waals surface area contributed by atoms with Crippen molar-refractivity contribution in [3.63, 3.8) is 0 Å². The lowest BCUT2D eigenvalue weighted by atomic mass is 10.1. The minimum Gasteiger partial charge on any atom is -0.352 e. The number of aromatic amines is 3. The average Bonchev–Trinajstić information content (AvgIpc) is 3.58. The van der Waals surface area contributed by atoms with E-state index in [1.807, 2.05) is 24.5 Å². The van der Waals surface area contributed by atoms with E-state index in [1.165, 1.54) is 11.3 Å². The van der Waals surface area contributed by atoms with Gasteiger partial charge in [0.1, 0.15) is 0 Å². The van der Waals surface area contributed by atoms with Crippen molar-refractivity contribution in [3.8, 4) is 33.0 Å². The quantitative estimate of drug-likeness (QED) is 0.350. The lowest BCUT2D eigenvalue weighted by Crippen LogP contribution is -1.83. The van der Waals surface area contributed by atoms with Crippen LogP contribution in [0.25, 0.3) is 54.9 Å². The summed E-state index contributed by atoms with van der Waals surface area (Å²) in [6, 6.07) is 7.96. The van der Waals surface area contributed by atoms with Gasteiger partial charge in [0.15, 0.2) is 11.4 Å². The Balaban J connectivity index is 1.50. The van der Waals surface area contributed by atoms with Crippen molar-refractivity contribution in [2.45, 2.75) is 6.92 Å². The summed E-state index contributed by atoms with van der Waals surface area (Å²) in [6.45, 7) is 1.58. The molecule has 0 saturated heterocycles. The van der Waals surface area contributed by atoms with Gasteiger partial charge in [0, 0.05) is 50.9 Å². The highest BCUT2D eigenvalue weighted by atomic mass is 32.1.